The molecule has 2 rings (SSSR count). The van der Waals surface area contributed by atoms with E-state index in [0.717, 1.165) is 38.5 Å². The van der Waals surface area contributed by atoms with Crippen molar-refractivity contribution in [3.05, 3.63) is 23.4 Å². The van der Waals surface area contributed by atoms with Gasteiger partial charge in [-0.1, -0.05) is 0 Å². The Bertz CT molecular complexity index is 409. The molecule has 1 aliphatic heterocycles. The highest BCUT2D eigenvalue weighted by Crippen LogP contribution is 2.20. The van der Waals surface area contributed by atoms with Crippen molar-refractivity contribution in [2.45, 2.75) is 33.4 Å². The van der Waals surface area contributed by atoms with E-state index in [1.165, 1.54) is 11.1 Å². The number of hydrogen-bond acceptors (Lipinski definition) is 4. The molecule has 1 N–H and O–H groups in total. The third kappa shape index (κ3) is 3.45. The molecule has 1 saturated heterocycles. The molecule has 0 spiro atoms. The minimum Gasteiger partial charge on any atom is -0.354 e. The monoisotopic (exact) mass is 262 g/mol. The summed E-state index contributed by atoms with van der Waals surface area (Å²) in [6.45, 7) is 12.0. The van der Waals surface area contributed by atoms with Crippen molar-refractivity contribution in [3.8, 4) is 0 Å². The van der Waals surface area contributed by atoms with Crippen molar-refractivity contribution in [1.29, 1.82) is 0 Å². The summed E-state index contributed by atoms with van der Waals surface area (Å²) in [4.78, 5) is 9.60. The van der Waals surface area contributed by atoms with Gasteiger partial charge in [0.05, 0.1) is 0 Å². The van der Waals surface area contributed by atoms with Crippen molar-refractivity contribution in [1.82, 2.24) is 15.2 Å². The third-order valence-electron chi connectivity index (χ3n) is 3.83. The second-order valence-corrected chi connectivity index (χ2v) is 5.63. The lowest BCUT2D eigenvalue weighted by Gasteiger charge is -2.38. The van der Waals surface area contributed by atoms with E-state index in [1.54, 1.807) is 0 Å². The van der Waals surface area contributed by atoms with Crippen LogP contribution in [0.4, 0.5) is 5.82 Å². The van der Waals surface area contributed by atoms with Crippen LogP contribution < -0.4 is 10.2 Å². The predicted molar refractivity (Wildman–Crippen MR) is 80.7 cm³/mol. The van der Waals surface area contributed by atoms with Gasteiger partial charge in [-0.15, -0.1) is 0 Å². The van der Waals surface area contributed by atoms with Crippen molar-refractivity contribution >= 4 is 5.82 Å². The van der Waals surface area contributed by atoms with Crippen LogP contribution in [0.5, 0.6) is 0 Å². The number of nitrogens with zero attached hydrogens (tertiary/aromatic N) is 3. The average Bonchev–Trinajstić information content (AvgIpc) is 2.39. The summed E-state index contributed by atoms with van der Waals surface area (Å²) in [5.41, 5.74) is 2.54. The van der Waals surface area contributed by atoms with Crippen LogP contribution in [0.1, 0.15) is 25.0 Å². The maximum Gasteiger partial charge on any atom is 0.131 e. The Morgan fingerprint density at radius 2 is 1.95 bits per heavy atom. The average molecular weight is 262 g/mol. The minimum atomic E-state index is 0.647. The number of anilines is 1. The molecular weight excluding hydrogens is 236 g/mol. The molecule has 1 aromatic rings. The van der Waals surface area contributed by atoms with Crippen LogP contribution in [-0.2, 0) is 6.54 Å². The molecular formula is C15H26N4. The van der Waals surface area contributed by atoms with E-state index >= 15 is 0 Å². The molecule has 0 aromatic carbocycles. The second kappa shape index (κ2) is 6.35. The highest BCUT2D eigenvalue weighted by atomic mass is 15.3. The fourth-order valence-electron chi connectivity index (χ4n) is 2.71. The van der Waals surface area contributed by atoms with Crippen LogP contribution >= 0.6 is 0 Å². The molecule has 0 radical (unpaired) electrons. The van der Waals surface area contributed by atoms with Gasteiger partial charge in [0.25, 0.3) is 0 Å². The summed E-state index contributed by atoms with van der Waals surface area (Å²) in [6, 6.07) is 2.89. The Labute approximate surface area is 116 Å². The molecule has 0 amide bonds. The van der Waals surface area contributed by atoms with E-state index in [2.05, 4.69) is 46.9 Å². The molecule has 19 heavy (non-hydrogen) atoms. The SMILES string of the molecule is CNCc1cnc(N2CCN(C(C)C)CC2)c(C)c1. The van der Waals surface area contributed by atoms with E-state index in [9.17, 15) is 0 Å². The number of nitrogens with one attached hydrogen (secondary N) is 1. The summed E-state index contributed by atoms with van der Waals surface area (Å²) in [5, 5.41) is 3.17. The van der Waals surface area contributed by atoms with E-state index in [-0.39, 0.29) is 0 Å². The first-order chi connectivity index (χ1) is 9.11. The normalized spacial score (nSPS) is 17.2. The third-order valence-corrected chi connectivity index (χ3v) is 3.83. The van der Waals surface area contributed by atoms with Gasteiger partial charge < -0.3 is 10.2 Å². The fraction of sp³-hybridized carbons (Fsp3) is 0.667. The molecule has 2 heterocycles. The van der Waals surface area contributed by atoms with Crippen molar-refractivity contribution < 1.29 is 0 Å². The second-order valence-electron chi connectivity index (χ2n) is 5.63. The zero-order valence-corrected chi connectivity index (χ0v) is 12.6. The van der Waals surface area contributed by atoms with Crippen molar-refractivity contribution in [2.24, 2.45) is 0 Å². The van der Waals surface area contributed by atoms with Crippen LogP contribution in [0, 0.1) is 6.92 Å². The van der Waals surface area contributed by atoms with Crippen molar-refractivity contribution in [2.75, 3.05) is 38.1 Å². The molecule has 0 aliphatic carbocycles. The Hall–Kier alpha value is -1.13. The molecule has 4 heteroatoms. The van der Waals surface area contributed by atoms with E-state index in [1.807, 2.05) is 13.2 Å². The smallest absolute Gasteiger partial charge is 0.131 e. The molecule has 1 fully saturated rings. The Balaban J connectivity index is 2.03. The number of rotatable bonds is 4. The minimum absolute atomic E-state index is 0.647. The van der Waals surface area contributed by atoms with Gasteiger partial charge in [-0.2, -0.15) is 0 Å². The first kappa shape index (κ1) is 14.3. The zero-order chi connectivity index (χ0) is 13.8. The van der Waals surface area contributed by atoms with Gasteiger partial charge in [0.1, 0.15) is 5.82 Å². The van der Waals surface area contributed by atoms with Crippen molar-refractivity contribution in [3.63, 3.8) is 0 Å². The fourth-order valence-corrected chi connectivity index (χ4v) is 2.71. The van der Waals surface area contributed by atoms with Gasteiger partial charge in [0.2, 0.25) is 0 Å². The molecule has 0 atom stereocenters. The number of pyridine rings is 1. The summed E-state index contributed by atoms with van der Waals surface area (Å²) >= 11 is 0. The van der Waals surface area contributed by atoms with Crippen LogP contribution in [0.25, 0.3) is 0 Å². The van der Waals surface area contributed by atoms with Gasteiger partial charge in [-0.05, 0) is 45.0 Å². The summed E-state index contributed by atoms with van der Waals surface area (Å²) in [6.07, 6.45) is 1.99. The summed E-state index contributed by atoms with van der Waals surface area (Å²) in [5.74, 6) is 1.16. The molecule has 0 unspecified atom stereocenters. The first-order valence-corrected chi connectivity index (χ1v) is 7.21. The Kier molecular flexibility index (Phi) is 4.77. The van der Waals surface area contributed by atoms with Crippen LogP contribution in [-0.4, -0.2) is 49.2 Å². The molecule has 1 aliphatic rings. The highest BCUT2D eigenvalue weighted by Gasteiger charge is 2.20. The quantitative estimate of drug-likeness (QED) is 0.894. The standard InChI is InChI=1S/C15H26N4/c1-12(2)18-5-7-19(8-6-18)15-13(3)9-14(10-16-4)11-17-15/h9,11-12,16H,5-8,10H2,1-4H3. The van der Waals surface area contributed by atoms with Crippen LogP contribution in [0.15, 0.2) is 12.3 Å². The maximum atomic E-state index is 4.66. The molecule has 4 nitrogen and oxygen atoms in total. The van der Waals surface area contributed by atoms with E-state index in [4.69, 9.17) is 0 Å². The molecule has 0 saturated carbocycles. The lowest BCUT2D eigenvalue weighted by Crippen LogP contribution is -2.49. The van der Waals surface area contributed by atoms with Gasteiger partial charge in [0, 0.05) is 45.0 Å². The largest absolute Gasteiger partial charge is 0.354 e. The van der Waals surface area contributed by atoms with Crippen LogP contribution in [0.3, 0.4) is 0 Å². The van der Waals surface area contributed by atoms with Crippen LogP contribution in [0.2, 0.25) is 0 Å². The van der Waals surface area contributed by atoms with Gasteiger partial charge in [-0.25, -0.2) is 4.98 Å². The highest BCUT2D eigenvalue weighted by molar-refractivity contribution is 5.47. The molecule has 106 valence electrons. The lowest BCUT2D eigenvalue weighted by atomic mass is 10.1. The first-order valence-electron chi connectivity index (χ1n) is 7.21. The van der Waals surface area contributed by atoms with E-state index in [0.29, 0.717) is 6.04 Å². The van der Waals surface area contributed by atoms with Gasteiger partial charge >= 0.3 is 0 Å². The summed E-state index contributed by atoms with van der Waals surface area (Å²) in [7, 11) is 1.97. The Morgan fingerprint density at radius 1 is 1.26 bits per heavy atom. The zero-order valence-electron chi connectivity index (χ0n) is 12.6. The molecule has 1 aromatic heterocycles. The van der Waals surface area contributed by atoms with Gasteiger partial charge in [-0.3, -0.25) is 4.90 Å². The summed E-state index contributed by atoms with van der Waals surface area (Å²) < 4.78 is 0. The number of aryl methyl sites for hydroxylation is 1. The maximum absolute atomic E-state index is 4.66. The van der Waals surface area contributed by atoms with E-state index < -0.39 is 0 Å². The number of aromatic nitrogens is 1. The Morgan fingerprint density at radius 3 is 2.47 bits per heavy atom. The van der Waals surface area contributed by atoms with Gasteiger partial charge in [0.15, 0.2) is 0 Å². The topological polar surface area (TPSA) is 31.4 Å². The number of hydrogen-bond donors (Lipinski definition) is 1. The molecule has 0 bridgehead atoms. The number of piperazine rings is 1. The lowest BCUT2D eigenvalue weighted by molar-refractivity contribution is 0.209. The predicted octanol–water partition coefficient (Wildman–Crippen LogP) is 1.64.